The zero-order valence-electron chi connectivity index (χ0n) is 10.9. The van der Waals surface area contributed by atoms with Crippen molar-refractivity contribution in [1.29, 1.82) is 0 Å². The maximum absolute atomic E-state index is 5.87. The second kappa shape index (κ2) is 5.63. The smallest absolute Gasteiger partial charge is 0.0349 e. The van der Waals surface area contributed by atoms with E-state index in [0.29, 0.717) is 6.04 Å². The van der Waals surface area contributed by atoms with Crippen molar-refractivity contribution in [2.45, 2.75) is 19.5 Å². The summed E-state index contributed by atoms with van der Waals surface area (Å²) in [6, 6.07) is 9.31. The van der Waals surface area contributed by atoms with Gasteiger partial charge in [0, 0.05) is 38.8 Å². The number of nitrogens with two attached hydrogens (primary N) is 1. The zero-order chi connectivity index (χ0) is 12.3. The monoisotopic (exact) mass is 233 g/mol. The third-order valence-electron chi connectivity index (χ3n) is 3.59. The van der Waals surface area contributed by atoms with Crippen LogP contribution < -0.4 is 5.73 Å². The van der Waals surface area contributed by atoms with Crippen LogP contribution in [-0.2, 0) is 6.54 Å². The fourth-order valence-electron chi connectivity index (χ4n) is 2.41. The normalized spacial score (nSPS) is 22.9. The van der Waals surface area contributed by atoms with Crippen LogP contribution in [0.25, 0.3) is 0 Å². The van der Waals surface area contributed by atoms with Crippen molar-refractivity contribution in [2.24, 2.45) is 5.73 Å². The summed E-state index contributed by atoms with van der Waals surface area (Å²) in [5.41, 5.74) is 8.57. The average Bonchev–Trinajstić information content (AvgIpc) is 2.34. The first-order valence-corrected chi connectivity index (χ1v) is 6.37. The van der Waals surface area contributed by atoms with Crippen molar-refractivity contribution in [1.82, 2.24) is 9.80 Å². The van der Waals surface area contributed by atoms with Gasteiger partial charge in [0.2, 0.25) is 0 Å². The molecule has 1 aromatic rings. The maximum Gasteiger partial charge on any atom is 0.0349 e. The number of aryl methyl sites for hydroxylation is 1. The van der Waals surface area contributed by atoms with Crippen molar-refractivity contribution in [2.75, 3.05) is 33.2 Å². The molecule has 0 aromatic heterocycles. The summed E-state index contributed by atoms with van der Waals surface area (Å²) >= 11 is 0. The van der Waals surface area contributed by atoms with Gasteiger partial charge in [-0.25, -0.2) is 0 Å². The van der Waals surface area contributed by atoms with Gasteiger partial charge in [-0.15, -0.1) is 0 Å². The molecule has 2 N–H and O–H groups in total. The standard InChI is InChI=1S/C14H23N3/c1-12-3-5-13(6-4-12)10-17-8-7-16(2)11-14(17)9-15/h3-6,14H,7-11,15H2,1-2H3. The van der Waals surface area contributed by atoms with Crippen LogP contribution in [0.2, 0.25) is 0 Å². The highest BCUT2D eigenvalue weighted by Gasteiger charge is 2.23. The number of likely N-dealkylation sites (N-methyl/N-ethyl adjacent to an activating group) is 1. The molecule has 1 fully saturated rings. The lowest BCUT2D eigenvalue weighted by molar-refractivity contribution is 0.0881. The Kier molecular flexibility index (Phi) is 4.15. The van der Waals surface area contributed by atoms with E-state index in [1.807, 2.05) is 0 Å². The van der Waals surface area contributed by atoms with Gasteiger partial charge in [0.15, 0.2) is 0 Å². The molecule has 94 valence electrons. The summed E-state index contributed by atoms with van der Waals surface area (Å²) in [6.45, 7) is 7.24. The van der Waals surface area contributed by atoms with E-state index in [2.05, 4.69) is 48.0 Å². The topological polar surface area (TPSA) is 32.5 Å². The quantitative estimate of drug-likeness (QED) is 0.847. The zero-order valence-corrected chi connectivity index (χ0v) is 10.9. The van der Waals surface area contributed by atoms with Gasteiger partial charge in [-0.2, -0.15) is 0 Å². The van der Waals surface area contributed by atoms with Gasteiger partial charge in [-0.1, -0.05) is 29.8 Å². The minimum Gasteiger partial charge on any atom is -0.329 e. The molecular weight excluding hydrogens is 210 g/mol. The van der Waals surface area contributed by atoms with Crippen LogP contribution >= 0.6 is 0 Å². The SMILES string of the molecule is Cc1ccc(CN2CCN(C)CC2CN)cc1. The van der Waals surface area contributed by atoms with E-state index in [1.54, 1.807) is 0 Å². The summed E-state index contributed by atoms with van der Waals surface area (Å²) in [5.74, 6) is 0. The molecule has 1 aromatic carbocycles. The van der Waals surface area contributed by atoms with Crippen molar-refractivity contribution in [3.8, 4) is 0 Å². The summed E-state index contributed by atoms with van der Waals surface area (Å²) < 4.78 is 0. The minimum absolute atomic E-state index is 0.495. The average molecular weight is 233 g/mol. The Bertz CT molecular complexity index is 347. The number of piperazine rings is 1. The number of hydrogen-bond donors (Lipinski definition) is 1. The maximum atomic E-state index is 5.87. The van der Waals surface area contributed by atoms with Gasteiger partial charge in [0.05, 0.1) is 0 Å². The molecule has 17 heavy (non-hydrogen) atoms. The molecule has 0 bridgehead atoms. The van der Waals surface area contributed by atoms with Crippen molar-refractivity contribution >= 4 is 0 Å². The highest BCUT2D eigenvalue weighted by molar-refractivity contribution is 5.21. The predicted octanol–water partition coefficient (Wildman–Crippen LogP) is 1.07. The molecule has 3 nitrogen and oxygen atoms in total. The Morgan fingerprint density at radius 1 is 1.24 bits per heavy atom. The fourth-order valence-corrected chi connectivity index (χ4v) is 2.41. The highest BCUT2D eigenvalue weighted by Crippen LogP contribution is 2.13. The summed E-state index contributed by atoms with van der Waals surface area (Å²) in [5, 5.41) is 0. The third-order valence-corrected chi connectivity index (χ3v) is 3.59. The predicted molar refractivity (Wildman–Crippen MR) is 71.9 cm³/mol. The number of benzene rings is 1. The van der Waals surface area contributed by atoms with E-state index in [9.17, 15) is 0 Å². The van der Waals surface area contributed by atoms with Crippen LogP contribution in [0, 0.1) is 6.92 Å². The molecule has 2 rings (SSSR count). The van der Waals surface area contributed by atoms with E-state index in [0.717, 1.165) is 32.7 Å². The molecule has 1 saturated heterocycles. The first kappa shape index (κ1) is 12.6. The molecule has 0 aliphatic carbocycles. The highest BCUT2D eigenvalue weighted by atomic mass is 15.3. The first-order chi connectivity index (χ1) is 8.19. The lowest BCUT2D eigenvalue weighted by Crippen LogP contribution is -2.54. The van der Waals surface area contributed by atoms with Crippen LogP contribution in [0.1, 0.15) is 11.1 Å². The molecule has 0 radical (unpaired) electrons. The third kappa shape index (κ3) is 3.28. The lowest BCUT2D eigenvalue weighted by Gasteiger charge is -2.39. The van der Waals surface area contributed by atoms with E-state index >= 15 is 0 Å². The van der Waals surface area contributed by atoms with E-state index in [1.165, 1.54) is 11.1 Å². The summed E-state index contributed by atoms with van der Waals surface area (Å²) in [6.07, 6.45) is 0. The first-order valence-electron chi connectivity index (χ1n) is 6.37. The molecule has 1 heterocycles. The largest absolute Gasteiger partial charge is 0.329 e. The van der Waals surface area contributed by atoms with Crippen LogP contribution in [-0.4, -0.2) is 49.1 Å². The van der Waals surface area contributed by atoms with Gasteiger partial charge in [-0.05, 0) is 19.5 Å². The fraction of sp³-hybridized carbons (Fsp3) is 0.571. The second-order valence-corrected chi connectivity index (χ2v) is 5.11. The Labute approximate surface area is 104 Å². The van der Waals surface area contributed by atoms with Gasteiger partial charge in [0.1, 0.15) is 0 Å². The molecule has 3 heteroatoms. The Morgan fingerprint density at radius 2 is 1.94 bits per heavy atom. The molecule has 0 saturated carbocycles. The van der Waals surface area contributed by atoms with Gasteiger partial charge in [-0.3, -0.25) is 4.90 Å². The van der Waals surface area contributed by atoms with Crippen LogP contribution in [0.3, 0.4) is 0 Å². The van der Waals surface area contributed by atoms with E-state index in [4.69, 9.17) is 5.73 Å². The summed E-state index contributed by atoms with van der Waals surface area (Å²) in [7, 11) is 2.17. The molecule has 1 atom stereocenters. The Hall–Kier alpha value is -0.900. The minimum atomic E-state index is 0.495. The number of nitrogens with zero attached hydrogens (tertiary/aromatic N) is 2. The van der Waals surface area contributed by atoms with Crippen molar-refractivity contribution in [3.05, 3.63) is 35.4 Å². The molecule has 0 amide bonds. The van der Waals surface area contributed by atoms with Crippen molar-refractivity contribution in [3.63, 3.8) is 0 Å². The molecule has 1 aliphatic heterocycles. The molecular formula is C14H23N3. The van der Waals surface area contributed by atoms with Gasteiger partial charge >= 0.3 is 0 Å². The number of hydrogen-bond acceptors (Lipinski definition) is 3. The Balaban J connectivity index is 1.99. The lowest BCUT2D eigenvalue weighted by atomic mass is 10.1. The second-order valence-electron chi connectivity index (χ2n) is 5.11. The van der Waals surface area contributed by atoms with Crippen LogP contribution in [0.15, 0.2) is 24.3 Å². The van der Waals surface area contributed by atoms with Crippen LogP contribution in [0.4, 0.5) is 0 Å². The van der Waals surface area contributed by atoms with Gasteiger partial charge < -0.3 is 10.6 Å². The van der Waals surface area contributed by atoms with E-state index < -0.39 is 0 Å². The molecule has 0 spiro atoms. The molecule has 1 unspecified atom stereocenters. The number of rotatable bonds is 3. The van der Waals surface area contributed by atoms with E-state index in [-0.39, 0.29) is 0 Å². The summed E-state index contributed by atoms with van der Waals surface area (Å²) in [4.78, 5) is 4.87. The van der Waals surface area contributed by atoms with Crippen LogP contribution in [0.5, 0.6) is 0 Å². The molecule has 1 aliphatic rings. The Morgan fingerprint density at radius 3 is 2.59 bits per heavy atom. The van der Waals surface area contributed by atoms with Gasteiger partial charge in [0.25, 0.3) is 0 Å². The van der Waals surface area contributed by atoms with Crippen molar-refractivity contribution < 1.29 is 0 Å².